The van der Waals surface area contributed by atoms with Crippen molar-refractivity contribution in [3.63, 3.8) is 0 Å². The van der Waals surface area contributed by atoms with Gasteiger partial charge < -0.3 is 10.6 Å². The van der Waals surface area contributed by atoms with Crippen LogP contribution in [0.2, 0.25) is 0 Å². The lowest BCUT2D eigenvalue weighted by Gasteiger charge is -2.30. The van der Waals surface area contributed by atoms with Gasteiger partial charge in [-0.2, -0.15) is 0 Å². The van der Waals surface area contributed by atoms with Crippen molar-refractivity contribution in [3.05, 3.63) is 82.2 Å². The van der Waals surface area contributed by atoms with Gasteiger partial charge in [0.2, 0.25) is 0 Å². The molecule has 1 amide bonds. The van der Waals surface area contributed by atoms with Gasteiger partial charge >= 0.3 is 0 Å². The minimum atomic E-state index is -0.310. The number of benzene rings is 2. The van der Waals surface area contributed by atoms with Crippen LogP contribution in [0.1, 0.15) is 63.5 Å². The van der Waals surface area contributed by atoms with Crippen molar-refractivity contribution in [2.75, 3.05) is 10.6 Å². The maximum absolute atomic E-state index is 13.7. The summed E-state index contributed by atoms with van der Waals surface area (Å²) in [4.78, 5) is 31.4. The highest BCUT2D eigenvalue weighted by Crippen LogP contribution is 2.37. The molecule has 0 spiro atoms. The summed E-state index contributed by atoms with van der Waals surface area (Å²) in [6.07, 6.45) is 1.13. The maximum atomic E-state index is 13.7. The molecule has 2 heterocycles. The largest absolute Gasteiger partial charge is 0.338 e. The topological polar surface area (TPSA) is 88.4 Å². The number of anilines is 3. The Bertz CT molecular complexity index is 1480. The van der Waals surface area contributed by atoms with Gasteiger partial charge in [-0.1, -0.05) is 38.1 Å². The van der Waals surface area contributed by atoms with Crippen molar-refractivity contribution >= 4 is 34.5 Å². The summed E-state index contributed by atoms with van der Waals surface area (Å²) in [6.45, 7) is 10.0. The number of ketones is 1. The number of hydrogen-bond acceptors (Lipinski definition) is 5. The van der Waals surface area contributed by atoms with Crippen molar-refractivity contribution in [2.24, 2.45) is 5.41 Å². The van der Waals surface area contributed by atoms with Crippen LogP contribution in [0, 0.1) is 26.2 Å². The van der Waals surface area contributed by atoms with Crippen molar-refractivity contribution in [1.29, 1.82) is 0 Å². The van der Waals surface area contributed by atoms with E-state index in [2.05, 4.69) is 24.5 Å². The number of carbonyl (C=O) groups is 2. The zero-order valence-electron chi connectivity index (χ0n) is 20.7. The molecule has 35 heavy (non-hydrogen) atoms. The van der Waals surface area contributed by atoms with E-state index in [1.54, 1.807) is 4.52 Å². The van der Waals surface area contributed by atoms with Gasteiger partial charge in [-0.3, -0.25) is 9.59 Å². The zero-order valence-corrected chi connectivity index (χ0v) is 20.7. The first-order valence-electron chi connectivity index (χ1n) is 11.8. The molecule has 1 aliphatic carbocycles. The first-order valence-corrected chi connectivity index (χ1v) is 11.8. The number of amides is 1. The van der Waals surface area contributed by atoms with E-state index in [4.69, 9.17) is 10.1 Å². The Labute approximate surface area is 204 Å². The lowest BCUT2D eigenvalue weighted by atomic mass is 9.75. The number of carbonyl (C=O) groups excluding carboxylic acids is 2. The third kappa shape index (κ3) is 4.18. The molecule has 0 radical (unpaired) electrons. The number of aromatic nitrogens is 3. The van der Waals surface area contributed by atoms with E-state index >= 15 is 0 Å². The maximum Gasteiger partial charge on any atom is 0.263 e. The van der Waals surface area contributed by atoms with Crippen LogP contribution in [0.15, 0.2) is 48.5 Å². The molecule has 5 rings (SSSR count). The molecule has 0 atom stereocenters. The molecule has 7 heteroatoms. The fraction of sp³-hybridized carbons (Fsp3) is 0.286. The lowest BCUT2D eigenvalue weighted by Crippen LogP contribution is -2.30. The Hall–Kier alpha value is -4.00. The molecule has 0 aliphatic heterocycles. The SMILES string of the molecule is Cc1ccc(NC(=O)c2c(Nc3ccccc3)nn3c4c(c(C)nc23)C(=O)CC(C)(C)C4)cc1C. The summed E-state index contributed by atoms with van der Waals surface area (Å²) >= 11 is 0. The third-order valence-corrected chi connectivity index (χ3v) is 6.63. The Morgan fingerprint density at radius 3 is 2.43 bits per heavy atom. The van der Waals surface area contributed by atoms with Gasteiger partial charge in [0.1, 0.15) is 5.56 Å². The van der Waals surface area contributed by atoms with E-state index in [0.29, 0.717) is 46.8 Å². The molecular weight excluding hydrogens is 438 g/mol. The minimum absolute atomic E-state index is 0.0670. The van der Waals surface area contributed by atoms with E-state index in [1.165, 1.54) is 0 Å². The fourth-order valence-corrected chi connectivity index (χ4v) is 4.76. The van der Waals surface area contributed by atoms with Crippen molar-refractivity contribution in [2.45, 2.75) is 47.5 Å². The van der Waals surface area contributed by atoms with E-state index in [0.717, 1.165) is 22.5 Å². The van der Waals surface area contributed by atoms with E-state index < -0.39 is 0 Å². The summed E-state index contributed by atoms with van der Waals surface area (Å²) in [6, 6.07) is 15.4. The minimum Gasteiger partial charge on any atom is -0.338 e. The Kier molecular flexibility index (Phi) is 5.43. The molecule has 0 saturated carbocycles. The van der Waals surface area contributed by atoms with E-state index in [9.17, 15) is 9.59 Å². The van der Waals surface area contributed by atoms with Gasteiger partial charge in [0.25, 0.3) is 5.91 Å². The molecule has 0 saturated heterocycles. The standard InChI is InChI=1S/C28H29N5O2/c1-16-11-12-20(13-17(16)2)31-27(35)24-25(30-19-9-7-6-8-10-19)32-33-21-14-28(4,5)15-22(34)23(21)18(3)29-26(24)33/h6-13H,14-15H2,1-5H3,(H,30,32)(H,31,35). The molecule has 7 nitrogen and oxygen atoms in total. The Morgan fingerprint density at radius 2 is 1.71 bits per heavy atom. The van der Waals surface area contributed by atoms with Gasteiger partial charge in [0.15, 0.2) is 17.2 Å². The second kappa shape index (κ2) is 8.34. The van der Waals surface area contributed by atoms with Crippen LogP contribution < -0.4 is 10.6 Å². The summed E-state index contributed by atoms with van der Waals surface area (Å²) in [5.74, 6) is 0.154. The highest BCUT2D eigenvalue weighted by Gasteiger charge is 2.36. The average molecular weight is 468 g/mol. The van der Waals surface area contributed by atoms with Crippen molar-refractivity contribution in [3.8, 4) is 0 Å². The van der Waals surface area contributed by atoms with Crippen LogP contribution in [0.3, 0.4) is 0 Å². The van der Waals surface area contributed by atoms with Crippen LogP contribution >= 0.6 is 0 Å². The zero-order chi connectivity index (χ0) is 24.9. The third-order valence-electron chi connectivity index (χ3n) is 6.63. The van der Waals surface area contributed by atoms with Gasteiger partial charge in [0, 0.05) is 17.8 Å². The van der Waals surface area contributed by atoms with Crippen LogP contribution in [-0.4, -0.2) is 26.3 Å². The van der Waals surface area contributed by atoms with Gasteiger partial charge in [0.05, 0.1) is 17.0 Å². The lowest BCUT2D eigenvalue weighted by molar-refractivity contribution is 0.0907. The molecule has 0 fully saturated rings. The smallest absolute Gasteiger partial charge is 0.263 e. The Morgan fingerprint density at radius 1 is 0.971 bits per heavy atom. The van der Waals surface area contributed by atoms with E-state index in [1.807, 2.05) is 69.3 Å². The first-order chi connectivity index (χ1) is 16.6. The fourth-order valence-electron chi connectivity index (χ4n) is 4.76. The van der Waals surface area contributed by atoms with Crippen LogP contribution in [0.4, 0.5) is 17.2 Å². The number of para-hydroxylation sites is 1. The second-order valence-electron chi connectivity index (χ2n) is 10.2. The molecule has 0 bridgehead atoms. The van der Waals surface area contributed by atoms with Crippen LogP contribution in [0.25, 0.3) is 5.65 Å². The summed E-state index contributed by atoms with van der Waals surface area (Å²) < 4.78 is 1.68. The molecule has 178 valence electrons. The molecule has 0 unspecified atom stereocenters. The number of rotatable bonds is 4. The first kappa shape index (κ1) is 22.8. The van der Waals surface area contributed by atoms with Crippen LogP contribution in [-0.2, 0) is 6.42 Å². The summed E-state index contributed by atoms with van der Waals surface area (Å²) in [7, 11) is 0. The summed E-state index contributed by atoms with van der Waals surface area (Å²) in [5.41, 5.74) is 6.37. The summed E-state index contributed by atoms with van der Waals surface area (Å²) in [5, 5.41) is 11.1. The molecule has 2 aromatic carbocycles. The second-order valence-corrected chi connectivity index (χ2v) is 10.2. The Balaban J connectivity index is 1.69. The number of nitrogens with zero attached hydrogens (tertiary/aromatic N) is 3. The highest BCUT2D eigenvalue weighted by atomic mass is 16.1. The van der Waals surface area contributed by atoms with E-state index in [-0.39, 0.29) is 17.1 Å². The normalized spacial score (nSPS) is 14.6. The number of aryl methyl sites for hydroxylation is 3. The predicted octanol–water partition coefficient (Wildman–Crippen LogP) is 5.81. The van der Waals surface area contributed by atoms with Gasteiger partial charge in [-0.15, -0.1) is 5.10 Å². The number of fused-ring (bicyclic) bond motifs is 3. The molecule has 2 aromatic heterocycles. The van der Waals surface area contributed by atoms with Crippen molar-refractivity contribution < 1.29 is 9.59 Å². The predicted molar refractivity (Wildman–Crippen MR) is 138 cm³/mol. The van der Waals surface area contributed by atoms with Crippen LogP contribution in [0.5, 0.6) is 0 Å². The van der Waals surface area contributed by atoms with Gasteiger partial charge in [-0.25, -0.2) is 9.50 Å². The van der Waals surface area contributed by atoms with Gasteiger partial charge in [-0.05, 0) is 68.0 Å². The average Bonchev–Trinajstić information content (AvgIpc) is 3.14. The number of hydrogen-bond donors (Lipinski definition) is 2. The molecule has 1 aliphatic rings. The molecule has 2 N–H and O–H groups in total. The monoisotopic (exact) mass is 467 g/mol. The number of Topliss-reactive ketones (excluding diaryl/α,β-unsaturated/α-hetero) is 1. The number of nitrogens with one attached hydrogen (secondary N) is 2. The molecular formula is C28H29N5O2. The highest BCUT2D eigenvalue weighted by molar-refractivity contribution is 6.12. The van der Waals surface area contributed by atoms with Crippen molar-refractivity contribution in [1.82, 2.24) is 14.6 Å². The quantitative estimate of drug-likeness (QED) is 0.396. The molecule has 4 aromatic rings.